The number of benzene rings is 1. The highest BCUT2D eigenvalue weighted by molar-refractivity contribution is 6.31. The summed E-state index contributed by atoms with van der Waals surface area (Å²) in [6, 6.07) is -5.56. The molecule has 1 aromatic carbocycles. The number of nitrogens with one attached hydrogen (secondary N) is 3. The molecule has 7 rings (SSSR count). The summed E-state index contributed by atoms with van der Waals surface area (Å²) in [4.78, 5) is 191. The number of amides is 12. The maximum absolute atomic E-state index is 15.7. The molecule has 6 aliphatic rings. The van der Waals surface area contributed by atoms with Gasteiger partial charge in [-0.2, -0.15) is 13.2 Å². The number of fused-ring (bicyclic) bond motifs is 1. The highest BCUT2D eigenvalue weighted by Crippen LogP contribution is 2.37. The number of likely N-dealkylation sites (N-methyl/N-ethyl adjacent to an activating group) is 7. The molecule has 6 fully saturated rings. The fraction of sp³-hybridized carbons (Fsp3) is 0.753. The summed E-state index contributed by atoms with van der Waals surface area (Å²) in [6.45, 7) is 6.38. The number of rotatable bonds is 11. The van der Waals surface area contributed by atoms with Crippen molar-refractivity contribution in [2.45, 2.75) is 242 Å². The van der Waals surface area contributed by atoms with E-state index in [1.54, 1.807) is 18.7 Å². The molecule has 101 heavy (non-hydrogen) atoms. The van der Waals surface area contributed by atoms with Crippen LogP contribution in [0.1, 0.15) is 193 Å². The zero-order chi connectivity index (χ0) is 74.4. The van der Waals surface area contributed by atoms with E-state index in [-0.39, 0.29) is 75.7 Å². The Balaban J connectivity index is 1.28. The molecule has 24 nitrogen and oxygen atoms in total. The summed E-state index contributed by atoms with van der Waals surface area (Å²) in [5.74, 6) is -8.37. The van der Waals surface area contributed by atoms with Gasteiger partial charge in [0.1, 0.15) is 47.8 Å². The van der Waals surface area contributed by atoms with Gasteiger partial charge in [0.25, 0.3) is 0 Å². The predicted octanol–water partition coefficient (Wildman–Crippen LogP) is 6.42. The summed E-state index contributed by atoms with van der Waals surface area (Å²) in [5, 5.41) is 8.25. The number of nitrogens with zero attached hydrogens (tertiary/aromatic N) is 9. The van der Waals surface area contributed by atoms with Gasteiger partial charge >= 0.3 is 6.18 Å². The molecule has 3 saturated carbocycles. The standard InChI is InChI=1S/C73H112ClF3N12O12/c1-46(2)38-56-64(94)79-54(40-48-26-22-27-48)66(96)83(7)44-61(92)81(5)45-62(93)85(9)57(41-49-24-16-14-17-25-49)68(98)82(6)43-59(90)78-53(32-30-50-29-31-51(52(74)39-50)73(75,76)77)67(97)89-37-23-28-55(89)65(95)80-72(33-18-12-13-19-34-72)71(101)87(11)63(47(3)4)70(100)86(10)58(42-60(91)84(56)8)69(99)88-35-20-15-21-36-88/h29,31,39,46-49,53-58,63H,12-28,30,32-38,40-45H2,1-11H3,(H,78,90)(H,79,94)(H,80,95)/t53-,54-,55?,56-,57-,58-,63-/m0/s1. The van der Waals surface area contributed by atoms with Crippen molar-refractivity contribution in [2.75, 3.05) is 88.6 Å². The van der Waals surface area contributed by atoms with Crippen LogP contribution < -0.4 is 16.0 Å². The topological polar surface area (TPSA) is 270 Å². The zero-order valence-electron chi connectivity index (χ0n) is 61.4. The number of hydrogen-bond acceptors (Lipinski definition) is 12. The normalized spacial score (nSPS) is 26.5. The second-order valence-electron chi connectivity index (χ2n) is 30.4. The highest BCUT2D eigenvalue weighted by Gasteiger charge is 2.50. The van der Waals surface area contributed by atoms with Gasteiger partial charge in [0.15, 0.2) is 0 Å². The van der Waals surface area contributed by atoms with Crippen LogP contribution in [0.5, 0.6) is 0 Å². The van der Waals surface area contributed by atoms with Gasteiger partial charge in [-0.05, 0) is 118 Å². The van der Waals surface area contributed by atoms with Crippen LogP contribution in [-0.4, -0.2) is 251 Å². The van der Waals surface area contributed by atoms with E-state index in [0.717, 1.165) is 92.6 Å². The van der Waals surface area contributed by atoms with E-state index in [9.17, 15) is 41.9 Å². The van der Waals surface area contributed by atoms with Crippen LogP contribution in [0.15, 0.2) is 18.2 Å². The summed E-state index contributed by atoms with van der Waals surface area (Å²) in [6.07, 6.45) is 7.34. The van der Waals surface area contributed by atoms with E-state index in [0.29, 0.717) is 50.8 Å². The van der Waals surface area contributed by atoms with E-state index in [1.807, 2.05) is 13.8 Å². The second kappa shape index (κ2) is 36.4. The lowest BCUT2D eigenvalue weighted by Gasteiger charge is -2.43. The maximum atomic E-state index is 15.7. The van der Waals surface area contributed by atoms with Crippen LogP contribution in [0.25, 0.3) is 0 Å². The van der Waals surface area contributed by atoms with Crippen molar-refractivity contribution in [3.63, 3.8) is 0 Å². The largest absolute Gasteiger partial charge is 0.417 e. The smallest absolute Gasteiger partial charge is 0.343 e. The van der Waals surface area contributed by atoms with Gasteiger partial charge in [-0.25, -0.2) is 0 Å². The van der Waals surface area contributed by atoms with Crippen LogP contribution in [-0.2, 0) is 70.1 Å². The number of aryl methyl sites for hydroxylation is 1. The number of hydrogen-bond donors (Lipinski definition) is 3. The van der Waals surface area contributed by atoms with Gasteiger partial charge in [0.05, 0.1) is 36.6 Å². The molecular weight excluding hydrogens is 1330 g/mol. The lowest BCUT2D eigenvalue weighted by atomic mass is 9.80. The lowest BCUT2D eigenvalue weighted by Crippen LogP contribution is -2.65. The first-order valence-corrected chi connectivity index (χ1v) is 37.2. The molecule has 1 aromatic rings. The molecule has 3 heterocycles. The van der Waals surface area contributed by atoms with Crippen molar-refractivity contribution in [3.8, 4) is 0 Å². The Morgan fingerprint density at radius 3 is 1.75 bits per heavy atom. The molecule has 564 valence electrons. The fourth-order valence-corrected chi connectivity index (χ4v) is 15.9. The van der Waals surface area contributed by atoms with Crippen molar-refractivity contribution in [1.29, 1.82) is 0 Å². The molecule has 0 bridgehead atoms. The molecule has 28 heteroatoms. The first-order valence-electron chi connectivity index (χ1n) is 36.8. The third kappa shape index (κ3) is 21.1. The number of piperidine rings is 1. The average Bonchev–Trinajstić information content (AvgIpc) is 1.76. The Morgan fingerprint density at radius 1 is 0.574 bits per heavy atom. The fourth-order valence-electron chi connectivity index (χ4n) is 15.6. The van der Waals surface area contributed by atoms with E-state index in [2.05, 4.69) is 16.0 Å². The Labute approximate surface area is 599 Å². The number of carbonyl (C=O) groups excluding carboxylic acids is 12. The maximum Gasteiger partial charge on any atom is 0.417 e. The summed E-state index contributed by atoms with van der Waals surface area (Å²) < 4.78 is 41.7. The summed E-state index contributed by atoms with van der Waals surface area (Å²) in [7, 11) is 9.98. The Hall–Kier alpha value is -7.06. The van der Waals surface area contributed by atoms with Crippen LogP contribution in [0.4, 0.5) is 13.2 Å². The van der Waals surface area contributed by atoms with Crippen molar-refractivity contribution in [2.24, 2.45) is 23.7 Å². The molecule has 3 saturated heterocycles. The van der Waals surface area contributed by atoms with Crippen LogP contribution >= 0.6 is 11.6 Å². The lowest BCUT2D eigenvalue weighted by molar-refractivity contribution is -0.156. The zero-order valence-corrected chi connectivity index (χ0v) is 62.2. The molecular formula is C73H112ClF3N12O12. The molecule has 7 atom stereocenters. The van der Waals surface area contributed by atoms with Crippen LogP contribution in [0.3, 0.4) is 0 Å². The van der Waals surface area contributed by atoms with Crippen LogP contribution in [0, 0.1) is 23.7 Å². The number of likely N-dealkylation sites (tertiary alicyclic amines) is 1. The molecule has 1 unspecified atom stereocenters. The van der Waals surface area contributed by atoms with Crippen molar-refractivity contribution >= 4 is 82.5 Å². The first kappa shape index (κ1) is 81.2. The van der Waals surface area contributed by atoms with Gasteiger partial charge in [-0.3, -0.25) is 57.5 Å². The average molecular weight is 1440 g/mol. The minimum Gasteiger partial charge on any atom is -0.343 e. The van der Waals surface area contributed by atoms with E-state index in [4.69, 9.17) is 11.6 Å². The Bertz CT molecular complexity index is 3130. The molecule has 0 aromatic heterocycles. The Kier molecular flexibility index (Phi) is 29.3. The van der Waals surface area contributed by atoms with Gasteiger partial charge in [0.2, 0.25) is 70.9 Å². The third-order valence-corrected chi connectivity index (χ3v) is 22.3. The number of halogens is 4. The molecule has 3 N–H and O–H groups in total. The van der Waals surface area contributed by atoms with Crippen molar-refractivity contribution in [3.05, 3.63) is 34.3 Å². The molecule has 0 radical (unpaired) electrons. The first-order chi connectivity index (χ1) is 47.6. The minimum atomic E-state index is -4.76. The third-order valence-electron chi connectivity index (χ3n) is 22.0. The molecule has 12 amide bonds. The van der Waals surface area contributed by atoms with E-state index < -0.39 is 167 Å². The quantitative estimate of drug-likeness (QED) is 0.217. The summed E-state index contributed by atoms with van der Waals surface area (Å²) >= 11 is 6.17. The van der Waals surface area contributed by atoms with Gasteiger partial charge in [-0.15, -0.1) is 0 Å². The van der Waals surface area contributed by atoms with E-state index in [1.165, 1.54) is 84.8 Å². The number of alkyl halides is 3. The van der Waals surface area contributed by atoms with Crippen molar-refractivity contribution in [1.82, 2.24) is 60.0 Å². The van der Waals surface area contributed by atoms with Gasteiger partial charge in [-0.1, -0.05) is 122 Å². The van der Waals surface area contributed by atoms with E-state index >= 15 is 28.8 Å². The van der Waals surface area contributed by atoms with Gasteiger partial charge in [0, 0.05) is 69.0 Å². The SMILES string of the molecule is CC(C)C[C@H]1C(=O)N[C@@H](CC2CCC2)C(=O)N(C)CC(=O)N(C)CC(=O)N(C)[C@@H](CC2CCCCC2)C(=O)N(C)CC(=O)N[C@@H](CCc2ccc(C(F)(F)F)c(Cl)c2)C(=O)N2CCCC2C(=O)NC2(CCCCCC2)C(=O)N(C)[C@@H](C(C)C)C(=O)N(C)[C@H](C(=O)N2CCCCC2)CC(=O)N1C. The highest BCUT2D eigenvalue weighted by atomic mass is 35.5. The van der Waals surface area contributed by atoms with Gasteiger partial charge < -0.3 is 60.0 Å². The summed E-state index contributed by atoms with van der Waals surface area (Å²) in [5.41, 5.74) is -2.38. The second-order valence-corrected chi connectivity index (χ2v) is 30.9. The van der Waals surface area contributed by atoms with Crippen LogP contribution in [0.2, 0.25) is 5.02 Å². The van der Waals surface area contributed by atoms with Crippen molar-refractivity contribution < 1.29 is 70.7 Å². The minimum absolute atomic E-state index is 0.0215. The monoisotopic (exact) mass is 1440 g/mol. The number of carbonyl (C=O) groups is 12. The Morgan fingerprint density at radius 2 is 1.16 bits per heavy atom. The molecule has 3 aliphatic heterocycles. The predicted molar refractivity (Wildman–Crippen MR) is 374 cm³/mol. The molecule has 1 spiro atoms. The molecule has 3 aliphatic carbocycles.